The van der Waals surface area contributed by atoms with E-state index in [1.165, 1.54) is 0 Å². The van der Waals surface area contributed by atoms with Gasteiger partial charge in [0.05, 0.1) is 49.7 Å². The van der Waals surface area contributed by atoms with Crippen LogP contribution in [0.4, 0.5) is 26.3 Å². The monoisotopic (exact) mass is 883 g/mol. The van der Waals surface area contributed by atoms with E-state index in [0.29, 0.717) is 44.2 Å². The van der Waals surface area contributed by atoms with Gasteiger partial charge in [-0.2, -0.15) is 26.3 Å². The molecule has 0 aliphatic rings. The first-order chi connectivity index (χ1) is 23.1. The number of benzene rings is 4. The number of hydrogen-bond acceptors (Lipinski definition) is 8. The van der Waals surface area contributed by atoms with Crippen LogP contribution in [0.5, 0.6) is 23.0 Å². The number of alkyl halides is 6. The van der Waals surface area contributed by atoms with Crippen molar-refractivity contribution in [3.05, 3.63) is 109 Å². The second-order valence-corrected chi connectivity index (χ2v) is 12.6. The van der Waals surface area contributed by atoms with Gasteiger partial charge in [-0.3, -0.25) is 9.36 Å². The van der Waals surface area contributed by atoms with E-state index < -0.39 is 37.1 Å². The second-order valence-electron chi connectivity index (χ2n) is 9.28. The van der Waals surface area contributed by atoms with Crippen molar-refractivity contribution in [1.29, 1.82) is 0 Å². The number of methoxy groups -OCH3 is 4. The molecule has 0 heterocycles. The largest absolute Gasteiger partial charge is 0.504 e. The van der Waals surface area contributed by atoms with Crippen LogP contribution in [-0.4, -0.2) is 51.7 Å². The molecule has 1 radical (unpaired) electrons. The molecule has 0 bridgehead atoms. The maximum absolute atomic E-state index is 14.7. The number of rotatable bonds is 9. The SMILES string of the molecule is COc1ccccc1P(=O)(c1ccccc1OC)c1ccccc1OC.COc1ccccc1P=O.O=C(/C=C(\O)C(F)(F)F)C(F)(F)F.[Eu]. The standard InChI is InChI=1S/C21H21O4P.C7H7O2P.C5H2F6O2.Eu/c1-23-16-10-4-7-13-19(16)26(22,20-14-8-5-11-17(20)24-2)21-15-9-6-12-18(21)25-3;1-9-6-4-2-3-5-7(6)10-8;6-4(7,8)2(12)1-3(13)5(9,10)11;/h4-15H,1-3H3;2-5H,1H3;1,12H;/b;;2-1-;. The summed E-state index contributed by atoms with van der Waals surface area (Å²) in [6.07, 6.45) is -11.7. The zero-order valence-corrected chi connectivity index (χ0v) is 30.9. The van der Waals surface area contributed by atoms with E-state index in [1.54, 1.807) is 40.6 Å². The van der Waals surface area contributed by atoms with Gasteiger partial charge in [0.25, 0.3) is 5.78 Å². The van der Waals surface area contributed by atoms with Crippen LogP contribution < -0.4 is 40.2 Å². The van der Waals surface area contributed by atoms with Gasteiger partial charge in [0.2, 0.25) is 5.76 Å². The quantitative estimate of drug-likeness (QED) is 0.0823. The van der Waals surface area contributed by atoms with Crippen LogP contribution in [0.1, 0.15) is 0 Å². The Labute approximate surface area is 326 Å². The van der Waals surface area contributed by atoms with Crippen molar-refractivity contribution in [2.45, 2.75) is 12.4 Å². The van der Waals surface area contributed by atoms with Crippen molar-refractivity contribution in [1.82, 2.24) is 0 Å². The molecule has 4 aromatic rings. The summed E-state index contributed by atoms with van der Waals surface area (Å²) >= 11 is 0. The van der Waals surface area contributed by atoms with Crippen LogP contribution in [-0.2, 0) is 13.9 Å². The van der Waals surface area contributed by atoms with E-state index in [-0.39, 0.29) is 57.8 Å². The number of ether oxygens (including phenoxy) is 4. The van der Waals surface area contributed by atoms with Gasteiger partial charge in [-0.15, -0.1) is 0 Å². The van der Waals surface area contributed by atoms with E-state index in [9.17, 15) is 40.3 Å². The number of ketones is 1. The molecule has 8 nitrogen and oxygen atoms in total. The van der Waals surface area contributed by atoms with Crippen molar-refractivity contribution >= 4 is 42.6 Å². The van der Waals surface area contributed by atoms with Gasteiger partial charge in [-0.05, 0) is 48.5 Å². The molecule has 0 aliphatic carbocycles. The molecule has 0 aromatic heterocycles. The summed E-state index contributed by atoms with van der Waals surface area (Å²) in [7, 11) is 2.98. The molecule has 0 aliphatic heterocycles. The Morgan fingerprint density at radius 3 is 1.22 bits per heavy atom. The maximum Gasteiger partial charge on any atom is 0.454 e. The molecule has 0 atom stereocenters. The summed E-state index contributed by atoms with van der Waals surface area (Å²) < 4.78 is 115. The van der Waals surface area contributed by atoms with Crippen molar-refractivity contribution in [2.75, 3.05) is 28.4 Å². The summed E-state index contributed by atoms with van der Waals surface area (Å²) in [5.74, 6) is -2.98. The third kappa shape index (κ3) is 11.9. The normalized spacial score (nSPS) is 11.4. The number of hydrogen-bond donors (Lipinski definition) is 1. The molecule has 0 amide bonds. The van der Waals surface area contributed by atoms with Gasteiger partial charge in [0.1, 0.15) is 23.0 Å². The zero-order valence-electron chi connectivity index (χ0n) is 26.7. The van der Waals surface area contributed by atoms with Gasteiger partial charge >= 0.3 is 12.4 Å². The number of para-hydroxylation sites is 4. The minimum absolute atomic E-state index is 0. The van der Waals surface area contributed by atoms with Gasteiger partial charge < -0.3 is 28.6 Å². The summed E-state index contributed by atoms with van der Waals surface area (Å²) in [4.78, 5) is 9.86. The van der Waals surface area contributed by atoms with Crippen molar-refractivity contribution in [3.63, 3.8) is 0 Å². The number of halogens is 6. The summed E-state index contributed by atoms with van der Waals surface area (Å²) in [6, 6.07) is 29.3. The minimum atomic E-state index is -5.42. The Morgan fingerprint density at radius 2 is 0.940 bits per heavy atom. The average molecular weight is 882 g/mol. The topological polar surface area (TPSA) is 108 Å². The number of allylic oxidation sites excluding steroid dienone is 2. The Kier molecular flexibility index (Phi) is 18.4. The molecule has 0 spiro atoms. The fraction of sp³-hybridized carbons (Fsp3) is 0.182. The van der Waals surface area contributed by atoms with E-state index in [0.717, 1.165) is 0 Å². The van der Waals surface area contributed by atoms with Gasteiger partial charge in [0.15, 0.2) is 15.6 Å². The molecule has 1 N–H and O–H groups in total. The summed E-state index contributed by atoms with van der Waals surface area (Å²) in [5.41, 5.74) is 0. The first-order valence-electron chi connectivity index (χ1n) is 13.7. The molecule has 269 valence electrons. The van der Waals surface area contributed by atoms with Crippen LogP contribution >= 0.6 is 15.6 Å². The molecule has 0 fully saturated rings. The fourth-order valence-electron chi connectivity index (χ4n) is 4.05. The maximum atomic E-state index is 14.7. The Balaban J connectivity index is 0.000000435. The third-order valence-corrected chi connectivity index (χ3v) is 10.0. The average Bonchev–Trinajstić information content (AvgIpc) is 3.10. The van der Waals surface area contributed by atoms with E-state index in [1.807, 2.05) is 84.9 Å². The van der Waals surface area contributed by atoms with Gasteiger partial charge in [-0.25, -0.2) is 0 Å². The van der Waals surface area contributed by atoms with E-state index >= 15 is 0 Å². The number of aliphatic hydroxyl groups excluding tert-OH is 1. The fourth-order valence-corrected chi connectivity index (χ4v) is 7.55. The van der Waals surface area contributed by atoms with Crippen LogP contribution in [0.25, 0.3) is 0 Å². The van der Waals surface area contributed by atoms with Crippen LogP contribution in [0.3, 0.4) is 0 Å². The van der Waals surface area contributed by atoms with Crippen molar-refractivity contribution in [3.8, 4) is 23.0 Å². The Morgan fingerprint density at radius 1 is 0.620 bits per heavy atom. The molecule has 50 heavy (non-hydrogen) atoms. The third-order valence-electron chi connectivity index (χ3n) is 6.29. The van der Waals surface area contributed by atoms with Crippen LogP contribution in [0, 0.1) is 49.4 Å². The molecule has 0 saturated heterocycles. The molecule has 17 heteroatoms. The van der Waals surface area contributed by atoms with Gasteiger partial charge in [0, 0.05) is 55.5 Å². The molecular formula is C33H30EuF6O8P2. The molecule has 4 aromatic carbocycles. The molecule has 0 unspecified atom stereocenters. The number of aliphatic hydroxyl groups is 1. The van der Waals surface area contributed by atoms with Gasteiger partial charge in [-0.1, -0.05) is 48.5 Å². The number of carbonyl (C=O) groups is 1. The Bertz CT molecular complexity index is 1680. The summed E-state index contributed by atoms with van der Waals surface area (Å²) in [6.45, 7) is 0. The zero-order chi connectivity index (χ0) is 36.8. The predicted molar refractivity (Wildman–Crippen MR) is 174 cm³/mol. The molecular weight excluding hydrogens is 852 g/mol. The first-order valence-corrected chi connectivity index (χ1v) is 16.2. The van der Waals surface area contributed by atoms with E-state index in [2.05, 4.69) is 0 Å². The molecule has 0 saturated carbocycles. The van der Waals surface area contributed by atoms with Crippen molar-refractivity contribution in [2.24, 2.45) is 0 Å². The van der Waals surface area contributed by atoms with Crippen LogP contribution in [0.15, 0.2) is 109 Å². The first kappa shape index (κ1) is 44.8. The van der Waals surface area contributed by atoms with Crippen molar-refractivity contribution < 1.29 is 114 Å². The number of carbonyl (C=O) groups excluding carboxylic acids is 1. The van der Waals surface area contributed by atoms with E-state index in [4.69, 9.17) is 24.1 Å². The predicted octanol–water partition coefficient (Wildman–Crippen LogP) is 7.09. The Hall–Kier alpha value is -3.22. The smallest absolute Gasteiger partial charge is 0.454 e. The minimum Gasteiger partial charge on any atom is -0.504 e. The molecule has 4 rings (SSSR count). The summed E-state index contributed by atoms with van der Waals surface area (Å²) in [5, 5.41) is 10.4. The van der Waals surface area contributed by atoms with Crippen LogP contribution in [0.2, 0.25) is 0 Å². The second kappa shape index (κ2) is 20.6.